The van der Waals surface area contributed by atoms with Crippen LogP contribution in [0.4, 0.5) is 0 Å². The molecule has 8 heteroatoms. The van der Waals surface area contributed by atoms with Crippen LogP contribution in [0, 0.1) is 5.41 Å². The number of ether oxygens (including phenoxy) is 7. The van der Waals surface area contributed by atoms with E-state index in [0.29, 0.717) is 53.1 Å². The van der Waals surface area contributed by atoms with Crippen molar-refractivity contribution in [1.82, 2.24) is 0 Å². The fraction of sp³-hybridized carbons (Fsp3) is 0.306. The van der Waals surface area contributed by atoms with Crippen LogP contribution >= 0.6 is 0 Å². The van der Waals surface area contributed by atoms with Gasteiger partial charge in [0, 0.05) is 16.5 Å². The summed E-state index contributed by atoms with van der Waals surface area (Å²) in [5.74, 6) is 1.49. The number of carbonyl (C=O) groups is 1. The van der Waals surface area contributed by atoms with Crippen LogP contribution in [0.5, 0.6) is 28.7 Å². The van der Waals surface area contributed by atoms with Crippen LogP contribution in [-0.2, 0) is 22.7 Å². The molecule has 5 rings (SSSR count). The number of hydrogen-bond donors (Lipinski definition) is 0. The van der Waals surface area contributed by atoms with Crippen molar-refractivity contribution in [2.45, 2.75) is 33.4 Å². The summed E-state index contributed by atoms with van der Waals surface area (Å²) in [5.41, 5.74) is 3.09. The van der Waals surface area contributed by atoms with E-state index in [4.69, 9.17) is 33.2 Å². The molecule has 0 saturated carbocycles. The molecule has 4 aromatic rings. The van der Waals surface area contributed by atoms with Crippen LogP contribution in [0.25, 0.3) is 0 Å². The zero-order valence-corrected chi connectivity index (χ0v) is 25.8. The number of benzene rings is 4. The molecule has 0 aromatic heterocycles. The van der Waals surface area contributed by atoms with Gasteiger partial charge < -0.3 is 33.2 Å². The number of methoxy groups -OCH3 is 3. The van der Waals surface area contributed by atoms with Crippen molar-refractivity contribution >= 4 is 5.78 Å². The van der Waals surface area contributed by atoms with Crippen LogP contribution in [-0.4, -0.2) is 40.3 Å². The summed E-state index contributed by atoms with van der Waals surface area (Å²) < 4.78 is 41.6. The molecule has 1 aliphatic rings. The summed E-state index contributed by atoms with van der Waals surface area (Å²) in [5, 5.41) is 0. The molecule has 1 saturated heterocycles. The zero-order chi connectivity index (χ0) is 31.1. The average Bonchev–Trinajstić information content (AvgIpc) is 3.06. The molecule has 0 amide bonds. The highest BCUT2D eigenvalue weighted by Crippen LogP contribution is 2.43. The van der Waals surface area contributed by atoms with E-state index >= 15 is 0 Å². The summed E-state index contributed by atoms with van der Waals surface area (Å²) in [6.45, 7) is 5.73. The van der Waals surface area contributed by atoms with Crippen molar-refractivity contribution in [2.24, 2.45) is 5.41 Å². The molecular weight excluding hydrogens is 560 g/mol. The van der Waals surface area contributed by atoms with E-state index < -0.39 is 6.29 Å². The molecule has 0 radical (unpaired) electrons. The lowest BCUT2D eigenvalue weighted by atomic mass is 9.94. The lowest BCUT2D eigenvalue weighted by Crippen LogP contribution is -2.33. The Morgan fingerprint density at radius 2 is 1.25 bits per heavy atom. The Morgan fingerprint density at radius 3 is 1.82 bits per heavy atom. The molecule has 4 aromatic carbocycles. The number of ketones is 1. The molecule has 44 heavy (non-hydrogen) atoms. The molecule has 0 unspecified atom stereocenters. The Kier molecular flexibility index (Phi) is 9.72. The first-order chi connectivity index (χ1) is 21.3. The van der Waals surface area contributed by atoms with Gasteiger partial charge in [0.1, 0.15) is 13.2 Å². The van der Waals surface area contributed by atoms with Crippen LogP contribution in [0.3, 0.4) is 0 Å². The molecule has 230 valence electrons. The maximum absolute atomic E-state index is 14.2. The number of rotatable bonds is 12. The van der Waals surface area contributed by atoms with E-state index in [2.05, 4.69) is 13.8 Å². The van der Waals surface area contributed by atoms with Crippen molar-refractivity contribution in [1.29, 1.82) is 0 Å². The second-order valence-electron chi connectivity index (χ2n) is 11.3. The van der Waals surface area contributed by atoms with Crippen molar-refractivity contribution in [2.75, 3.05) is 34.5 Å². The van der Waals surface area contributed by atoms with Gasteiger partial charge in [-0.2, -0.15) is 0 Å². The van der Waals surface area contributed by atoms with Crippen molar-refractivity contribution in [3.05, 3.63) is 113 Å². The highest BCUT2D eigenvalue weighted by atomic mass is 16.7. The quantitative estimate of drug-likeness (QED) is 0.159. The van der Waals surface area contributed by atoms with Gasteiger partial charge in [-0.15, -0.1) is 0 Å². The van der Waals surface area contributed by atoms with Gasteiger partial charge in [-0.1, -0.05) is 74.5 Å². The van der Waals surface area contributed by atoms with Gasteiger partial charge in [0.25, 0.3) is 0 Å². The Morgan fingerprint density at radius 1 is 0.705 bits per heavy atom. The monoisotopic (exact) mass is 598 g/mol. The third-order valence-electron chi connectivity index (χ3n) is 7.23. The Bertz CT molecular complexity index is 1560. The van der Waals surface area contributed by atoms with Crippen molar-refractivity contribution in [3.8, 4) is 28.7 Å². The van der Waals surface area contributed by atoms with Gasteiger partial charge in [-0.3, -0.25) is 4.79 Å². The molecule has 0 bridgehead atoms. The fourth-order valence-corrected chi connectivity index (χ4v) is 4.90. The molecule has 1 fully saturated rings. The van der Waals surface area contributed by atoms with Gasteiger partial charge in [0.15, 0.2) is 35.1 Å². The van der Waals surface area contributed by atoms with E-state index in [9.17, 15) is 4.79 Å². The standard InChI is InChI=1S/C36H38O8/c1-36(2)22-43-35(44-23-36)27-16-28(33(40-5)29(19-27)38-3)32(37)26-17-30(39-4)34(42-21-25-14-10-7-11-15-25)31(18-26)41-20-24-12-8-6-9-13-24/h6-19,35H,20-23H2,1-5H3. The summed E-state index contributed by atoms with van der Waals surface area (Å²) in [4.78, 5) is 14.2. The smallest absolute Gasteiger partial charge is 0.203 e. The Balaban J connectivity index is 1.53. The lowest BCUT2D eigenvalue weighted by molar-refractivity contribution is -0.226. The van der Waals surface area contributed by atoms with E-state index in [1.807, 2.05) is 60.7 Å². The first kappa shape index (κ1) is 30.9. The maximum Gasteiger partial charge on any atom is 0.203 e. The molecular formula is C36H38O8. The normalized spacial score (nSPS) is 14.5. The minimum absolute atomic E-state index is 0.108. The van der Waals surface area contributed by atoms with Crippen molar-refractivity contribution in [3.63, 3.8) is 0 Å². The topological polar surface area (TPSA) is 81.7 Å². The predicted molar refractivity (Wildman–Crippen MR) is 166 cm³/mol. The predicted octanol–water partition coefficient (Wildman–Crippen LogP) is 7.17. The summed E-state index contributed by atoms with van der Waals surface area (Å²) in [6.07, 6.45) is -0.651. The second-order valence-corrected chi connectivity index (χ2v) is 11.3. The molecule has 0 aliphatic carbocycles. The third kappa shape index (κ3) is 7.15. The van der Waals surface area contributed by atoms with Crippen LogP contribution < -0.4 is 23.7 Å². The van der Waals surface area contributed by atoms with Gasteiger partial charge in [0.2, 0.25) is 5.75 Å². The van der Waals surface area contributed by atoms with Crippen molar-refractivity contribution < 1.29 is 38.0 Å². The number of carbonyl (C=O) groups excluding carboxylic acids is 1. The summed E-state index contributed by atoms with van der Waals surface area (Å²) in [6, 6.07) is 26.4. The molecule has 0 N–H and O–H groups in total. The van der Waals surface area contributed by atoms with Crippen LogP contribution in [0.1, 0.15) is 52.7 Å². The number of hydrogen-bond acceptors (Lipinski definition) is 8. The Hall–Kier alpha value is -4.53. The molecule has 0 spiro atoms. The highest BCUT2D eigenvalue weighted by molar-refractivity contribution is 6.12. The van der Waals surface area contributed by atoms with Gasteiger partial charge >= 0.3 is 0 Å². The second kappa shape index (κ2) is 13.8. The van der Waals surface area contributed by atoms with Gasteiger partial charge in [-0.25, -0.2) is 0 Å². The molecule has 1 aliphatic heterocycles. The van der Waals surface area contributed by atoms with E-state index in [0.717, 1.165) is 11.1 Å². The zero-order valence-electron chi connectivity index (χ0n) is 25.8. The minimum Gasteiger partial charge on any atom is -0.493 e. The molecule has 0 atom stereocenters. The Labute approximate surface area is 258 Å². The summed E-state index contributed by atoms with van der Waals surface area (Å²) in [7, 11) is 4.56. The fourth-order valence-electron chi connectivity index (χ4n) is 4.90. The average molecular weight is 599 g/mol. The third-order valence-corrected chi connectivity index (χ3v) is 7.23. The molecule has 8 nitrogen and oxygen atoms in total. The van der Waals surface area contributed by atoms with E-state index in [-0.39, 0.29) is 30.0 Å². The molecule has 1 heterocycles. The largest absolute Gasteiger partial charge is 0.493 e. The van der Waals surface area contributed by atoms with E-state index in [1.54, 1.807) is 24.3 Å². The van der Waals surface area contributed by atoms with Gasteiger partial charge in [0.05, 0.1) is 40.1 Å². The first-order valence-corrected chi connectivity index (χ1v) is 14.4. The highest BCUT2D eigenvalue weighted by Gasteiger charge is 2.31. The van der Waals surface area contributed by atoms with Crippen LogP contribution in [0.15, 0.2) is 84.9 Å². The SMILES string of the molecule is COc1cc(C(=O)c2cc(C3OCC(C)(C)CO3)cc(OC)c2OC)cc(OCc2ccccc2)c1OCc1ccccc1. The van der Waals surface area contributed by atoms with Crippen LogP contribution in [0.2, 0.25) is 0 Å². The summed E-state index contributed by atoms with van der Waals surface area (Å²) >= 11 is 0. The van der Waals surface area contributed by atoms with E-state index in [1.165, 1.54) is 21.3 Å². The minimum atomic E-state index is -0.651. The first-order valence-electron chi connectivity index (χ1n) is 14.4. The lowest BCUT2D eigenvalue weighted by Gasteiger charge is -2.35. The van der Waals surface area contributed by atoms with Gasteiger partial charge in [-0.05, 0) is 35.4 Å². The maximum atomic E-state index is 14.2.